The van der Waals surface area contributed by atoms with E-state index < -0.39 is 11.7 Å². The molecule has 0 radical (unpaired) electrons. The van der Waals surface area contributed by atoms with Crippen molar-refractivity contribution in [3.63, 3.8) is 0 Å². The zero-order chi connectivity index (χ0) is 20.9. The maximum Gasteiger partial charge on any atom is 0.416 e. The summed E-state index contributed by atoms with van der Waals surface area (Å²) in [6.45, 7) is 6.67. The summed E-state index contributed by atoms with van der Waals surface area (Å²) in [5, 5.41) is 3.34. The molecule has 0 aromatic heterocycles. The molecule has 4 nitrogen and oxygen atoms in total. The Balaban J connectivity index is 1.35. The monoisotopic (exact) mass is 428 g/mol. The van der Waals surface area contributed by atoms with Crippen LogP contribution in [0.15, 0.2) is 24.3 Å². The average Bonchev–Trinajstić information content (AvgIpc) is 2.74. The minimum atomic E-state index is -4.28. The molecule has 2 aliphatic heterocycles. The lowest BCUT2D eigenvalue weighted by Gasteiger charge is -2.36. The van der Waals surface area contributed by atoms with Gasteiger partial charge in [0.25, 0.3) is 0 Å². The molecule has 2 heterocycles. The Labute approximate surface area is 177 Å². The molecular formula is C21H31F3N4S. The second kappa shape index (κ2) is 10.1. The van der Waals surface area contributed by atoms with Crippen molar-refractivity contribution in [3.05, 3.63) is 29.8 Å². The van der Waals surface area contributed by atoms with Gasteiger partial charge in [-0.3, -0.25) is 4.90 Å². The van der Waals surface area contributed by atoms with Crippen LogP contribution in [0.2, 0.25) is 0 Å². The third kappa shape index (κ3) is 6.30. The molecular weight excluding hydrogens is 397 g/mol. The van der Waals surface area contributed by atoms with Crippen LogP contribution in [-0.2, 0) is 6.18 Å². The lowest BCUT2D eigenvalue weighted by atomic mass is 10.1. The summed E-state index contributed by atoms with van der Waals surface area (Å²) in [4.78, 5) is 8.03. The Hall–Kier alpha value is -1.38. The normalized spacial score (nSPS) is 19.6. The van der Waals surface area contributed by atoms with Gasteiger partial charge in [0.1, 0.15) is 0 Å². The van der Waals surface area contributed by atoms with E-state index in [0.717, 1.165) is 82.2 Å². The van der Waals surface area contributed by atoms with Crippen LogP contribution < -0.4 is 10.2 Å². The minimum absolute atomic E-state index is 0.592. The van der Waals surface area contributed by atoms with Crippen LogP contribution in [-0.4, -0.2) is 73.7 Å². The Bertz CT molecular complexity index is 649. The fourth-order valence-electron chi connectivity index (χ4n) is 4.12. The van der Waals surface area contributed by atoms with Crippen LogP contribution in [0.1, 0.15) is 31.2 Å². The first-order valence-corrected chi connectivity index (χ1v) is 10.9. The number of nitrogens with zero attached hydrogens (tertiary/aromatic N) is 3. The third-order valence-electron chi connectivity index (χ3n) is 6.05. The highest BCUT2D eigenvalue weighted by molar-refractivity contribution is 7.80. The topological polar surface area (TPSA) is 21.8 Å². The number of anilines is 1. The number of hydrogen-bond donors (Lipinski definition) is 1. The highest BCUT2D eigenvalue weighted by Crippen LogP contribution is 2.30. The SMILES string of the molecule is CNC1CCN(C(=S)CCCN2CCN(c3ccc(C(F)(F)F)cc3)CC2)CC1. The lowest BCUT2D eigenvalue weighted by molar-refractivity contribution is -0.137. The fraction of sp³-hybridized carbons (Fsp3) is 0.667. The van der Waals surface area contributed by atoms with E-state index in [1.165, 1.54) is 12.1 Å². The van der Waals surface area contributed by atoms with Gasteiger partial charge in [0.2, 0.25) is 0 Å². The molecule has 0 saturated carbocycles. The zero-order valence-corrected chi connectivity index (χ0v) is 17.9. The Morgan fingerprint density at radius 3 is 2.21 bits per heavy atom. The fourth-order valence-corrected chi connectivity index (χ4v) is 4.45. The minimum Gasteiger partial charge on any atom is -0.369 e. The molecule has 162 valence electrons. The molecule has 1 aromatic carbocycles. The number of likely N-dealkylation sites (tertiary alicyclic amines) is 1. The van der Waals surface area contributed by atoms with Crippen molar-refractivity contribution in [3.8, 4) is 0 Å². The maximum atomic E-state index is 12.7. The summed E-state index contributed by atoms with van der Waals surface area (Å²) in [5.41, 5.74) is 0.273. The van der Waals surface area contributed by atoms with E-state index in [9.17, 15) is 13.2 Å². The van der Waals surface area contributed by atoms with Gasteiger partial charge in [0.15, 0.2) is 0 Å². The van der Waals surface area contributed by atoms with Crippen molar-refractivity contribution in [2.75, 3.05) is 57.8 Å². The highest BCUT2D eigenvalue weighted by atomic mass is 32.1. The van der Waals surface area contributed by atoms with E-state index in [-0.39, 0.29) is 0 Å². The molecule has 0 aliphatic carbocycles. The van der Waals surface area contributed by atoms with Gasteiger partial charge in [0, 0.05) is 51.0 Å². The number of piperidine rings is 1. The maximum absolute atomic E-state index is 12.7. The molecule has 2 aliphatic rings. The average molecular weight is 429 g/mol. The first-order valence-electron chi connectivity index (χ1n) is 10.5. The van der Waals surface area contributed by atoms with Crippen LogP contribution >= 0.6 is 12.2 Å². The van der Waals surface area contributed by atoms with Gasteiger partial charge in [-0.15, -0.1) is 0 Å². The number of hydrogen-bond acceptors (Lipinski definition) is 4. The smallest absolute Gasteiger partial charge is 0.369 e. The predicted molar refractivity (Wildman–Crippen MR) is 116 cm³/mol. The predicted octanol–water partition coefficient (Wildman–Crippen LogP) is 3.62. The molecule has 1 N–H and O–H groups in total. The number of rotatable bonds is 6. The van der Waals surface area contributed by atoms with Gasteiger partial charge in [0.05, 0.1) is 10.6 Å². The molecule has 0 unspecified atom stereocenters. The van der Waals surface area contributed by atoms with E-state index in [2.05, 4.69) is 20.0 Å². The second-order valence-corrected chi connectivity index (χ2v) is 8.39. The standard InChI is InChI=1S/C21H31F3N4S/c1-25-18-8-11-28(12-9-18)20(29)3-2-10-26-13-15-27(16-14-26)19-6-4-17(5-7-19)21(22,23)24/h4-7,18,25H,2-3,8-16H2,1H3. The molecule has 0 atom stereocenters. The van der Waals surface area contributed by atoms with Crippen molar-refractivity contribution >= 4 is 22.9 Å². The molecule has 0 spiro atoms. The van der Waals surface area contributed by atoms with Crippen molar-refractivity contribution in [2.45, 2.75) is 37.9 Å². The number of halogens is 3. The Morgan fingerprint density at radius 2 is 1.66 bits per heavy atom. The van der Waals surface area contributed by atoms with Gasteiger partial charge in [-0.05, 0) is 63.5 Å². The molecule has 1 aromatic rings. The van der Waals surface area contributed by atoms with E-state index >= 15 is 0 Å². The molecule has 8 heteroatoms. The summed E-state index contributed by atoms with van der Waals surface area (Å²) in [6.07, 6.45) is 0.0510. The third-order valence-corrected chi connectivity index (χ3v) is 6.52. The summed E-state index contributed by atoms with van der Waals surface area (Å²) >= 11 is 5.63. The van der Waals surface area contributed by atoms with Crippen molar-refractivity contribution < 1.29 is 13.2 Å². The van der Waals surface area contributed by atoms with Crippen LogP contribution in [0.25, 0.3) is 0 Å². The first-order chi connectivity index (χ1) is 13.9. The zero-order valence-electron chi connectivity index (χ0n) is 17.0. The van der Waals surface area contributed by atoms with E-state index in [4.69, 9.17) is 12.2 Å². The van der Waals surface area contributed by atoms with Gasteiger partial charge in [-0.25, -0.2) is 0 Å². The second-order valence-electron chi connectivity index (χ2n) is 7.92. The number of alkyl halides is 3. The van der Waals surface area contributed by atoms with Crippen LogP contribution in [0.3, 0.4) is 0 Å². The summed E-state index contributed by atoms with van der Waals surface area (Å²) in [5.74, 6) is 0. The molecule has 2 fully saturated rings. The van der Waals surface area contributed by atoms with E-state index in [0.29, 0.717) is 6.04 Å². The number of thiocarbonyl (C=S) groups is 1. The molecule has 29 heavy (non-hydrogen) atoms. The van der Waals surface area contributed by atoms with Crippen LogP contribution in [0, 0.1) is 0 Å². The lowest BCUT2D eigenvalue weighted by Crippen LogP contribution is -2.47. The van der Waals surface area contributed by atoms with Crippen LogP contribution in [0.5, 0.6) is 0 Å². The van der Waals surface area contributed by atoms with Crippen molar-refractivity contribution in [1.82, 2.24) is 15.1 Å². The molecule has 0 amide bonds. The molecule has 2 saturated heterocycles. The molecule has 3 rings (SSSR count). The largest absolute Gasteiger partial charge is 0.416 e. The van der Waals surface area contributed by atoms with E-state index in [1.54, 1.807) is 12.1 Å². The van der Waals surface area contributed by atoms with Crippen molar-refractivity contribution in [1.29, 1.82) is 0 Å². The van der Waals surface area contributed by atoms with Gasteiger partial charge < -0.3 is 15.1 Å². The van der Waals surface area contributed by atoms with Crippen LogP contribution in [0.4, 0.5) is 18.9 Å². The number of nitrogens with one attached hydrogen (secondary N) is 1. The number of piperazine rings is 1. The summed E-state index contributed by atoms with van der Waals surface area (Å²) in [7, 11) is 2.02. The summed E-state index contributed by atoms with van der Waals surface area (Å²) in [6, 6.07) is 6.11. The van der Waals surface area contributed by atoms with E-state index in [1.807, 2.05) is 7.05 Å². The van der Waals surface area contributed by atoms with Gasteiger partial charge >= 0.3 is 6.18 Å². The highest BCUT2D eigenvalue weighted by Gasteiger charge is 2.30. The molecule has 0 bridgehead atoms. The first kappa shape index (κ1) is 22.3. The Morgan fingerprint density at radius 1 is 1.03 bits per heavy atom. The van der Waals surface area contributed by atoms with Crippen molar-refractivity contribution in [2.24, 2.45) is 0 Å². The van der Waals surface area contributed by atoms with Gasteiger partial charge in [-0.2, -0.15) is 13.2 Å². The van der Waals surface area contributed by atoms with Gasteiger partial charge in [-0.1, -0.05) is 12.2 Å². The Kier molecular flexibility index (Phi) is 7.76. The summed E-state index contributed by atoms with van der Waals surface area (Å²) < 4.78 is 38.1. The quantitative estimate of drug-likeness (QED) is 0.697. The number of benzene rings is 1.